The number of rotatable bonds is 5. The van der Waals surface area contributed by atoms with E-state index >= 15 is 0 Å². The molecule has 5 fully saturated rings. The molecule has 138 valence electrons. The van der Waals surface area contributed by atoms with Crippen molar-refractivity contribution in [2.75, 3.05) is 14.1 Å². The van der Waals surface area contributed by atoms with E-state index in [1.54, 1.807) is 6.20 Å². The Labute approximate surface area is 151 Å². The van der Waals surface area contributed by atoms with Crippen LogP contribution in [0.25, 0.3) is 0 Å². The van der Waals surface area contributed by atoms with Gasteiger partial charge in [0.1, 0.15) is 0 Å². The van der Waals surface area contributed by atoms with Crippen LogP contribution in [-0.4, -0.2) is 36.7 Å². The molecule has 0 aromatic heterocycles. The van der Waals surface area contributed by atoms with E-state index in [9.17, 15) is 9.59 Å². The van der Waals surface area contributed by atoms with Crippen molar-refractivity contribution in [2.45, 2.75) is 63.8 Å². The van der Waals surface area contributed by atoms with Gasteiger partial charge in [-0.1, -0.05) is 12.8 Å². The van der Waals surface area contributed by atoms with Crippen molar-refractivity contribution in [3.63, 3.8) is 0 Å². The molecule has 0 atom stereocenters. The Morgan fingerprint density at radius 2 is 1.48 bits per heavy atom. The second kappa shape index (κ2) is 6.77. The Morgan fingerprint density at radius 3 is 2.00 bits per heavy atom. The monoisotopic (exact) mass is 344 g/mol. The summed E-state index contributed by atoms with van der Waals surface area (Å²) in [5.74, 6) is 3.07. The van der Waals surface area contributed by atoms with Crippen LogP contribution in [-0.2, 0) is 9.59 Å². The largest absolute Gasteiger partial charge is 0.383 e. The van der Waals surface area contributed by atoms with Gasteiger partial charge in [-0.05, 0) is 68.6 Å². The molecule has 0 aliphatic heterocycles. The minimum atomic E-state index is -0.122. The van der Waals surface area contributed by atoms with Gasteiger partial charge in [0.2, 0.25) is 0 Å². The van der Waals surface area contributed by atoms with Crippen LogP contribution in [0.15, 0.2) is 11.8 Å². The lowest BCUT2D eigenvalue weighted by Gasteiger charge is -2.54. The van der Waals surface area contributed by atoms with Crippen LogP contribution in [0.2, 0.25) is 0 Å². The van der Waals surface area contributed by atoms with E-state index in [1.807, 2.05) is 19.0 Å². The third-order valence-electron chi connectivity index (χ3n) is 7.15. The average molecular weight is 344 g/mol. The standard InChI is InChI=1S/C21H32N2O2/c1-23(2)12-18(20(24)15-5-3-4-6-15)21(25)22-19-16-8-13-7-14(10-16)11-17(19)9-13/h12-17,19H,3-11H2,1-2H3,(H,22,25). The maximum absolute atomic E-state index is 13.0. The maximum Gasteiger partial charge on any atom is 0.256 e. The predicted molar refractivity (Wildman–Crippen MR) is 97.7 cm³/mol. The van der Waals surface area contributed by atoms with Gasteiger partial charge in [-0.3, -0.25) is 9.59 Å². The van der Waals surface area contributed by atoms with Gasteiger partial charge in [0.15, 0.2) is 5.78 Å². The molecule has 0 heterocycles. The molecule has 0 spiro atoms. The van der Waals surface area contributed by atoms with Crippen molar-refractivity contribution >= 4 is 11.7 Å². The number of hydrogen-bond donors (Lipinski definition) is 1. The average Bonchev–Trinajstić information content (AvgIpc) is 3.09. The van der Waals surface area contributed by atoms with E-state index in [0.29, 0.717) is 23.5 Å². The van der Waals surface area contributed by atoms with Crippen molar-refractivity contribution in [2.24, 2.45) is 29.6 Å². The number of nitrogens with one attached hydrogen (secondary N) is 1. The Hall–Kier alpha value is -1.32. The molecule has 0 aromatic carbocycles. The maximum atomic E-state index is 13.0. The smallest absolute Gasteiger partial charge is 0.256 e. The highest BCUT2D eigenvalue weighted by Gasteiger charge is 2.49. The summed E-state index contributed by atoms with van der Waals surface area (Å²) in [6.07, 6.45) is 12.4. The second-order valence-corrected chi connectivity index (χ2v) is 9.28. The molecule has 5 rings (SSSR count). The first kappa shape index (κ1) is 17.1. The molecule has 1 N–H and O–H groups in total. The van der Waals surface area contributed by atoms with Crippen LogP contribution in [0.5, 0.6) is 0 Å². The molecule has 5 aliphatic rings. The van der Waals surface area contributed by atoms with E-state index in [4.69, 9.17) is 0 Å². The summed E-state index contributed by atoms with van der Waals surface area (Å²) < 4.78 is 0. The van der Waals surface area contributed by atoms with E-state index in [-0.39, 0.29) is 17.6 Å². The van der Waals surface area contributed by atoms with Crippen molar-refractivity contribution in [3.8, 4) is 0 Å². The third kappa shape index (κ3) is 3.37. The summed E-state index contributed by atoms with van der Waals surface area (Å²) in [6.45, 7) is 0. The molecule has 5 saturated carbocycles. The Bertz CT molecular complexity index is 546. The second-order valence-electron chi connectivity index (χ2n) is 9.28. The van der Waals surface area contributed by atoms with E-state index < -0.39 is 0 Å². The SMILES string of the molecule is CN(C)C=C(C(=O)NC1C2CC3CC(C2)CC1C3)C(=O)C1CCCC1. The quantitative estimate of drug-likeness (QED) is 0.473. The molecule has 0 unspecified atom stereocenters. The molecule has 5 aliphatic carbocycles. The molecule has 1 amide bonds. The van der Waals surface area contributed by atoms with Crippen molar-refractivity contribution in [3.05, 3.63) is 11.8 Å². The first-order chi connectivity index (χ1) is 12.0. The van der Waals surface area contributed by atoms with Gasteiger partial charge in [-0.25, -0.2) is 0 Å². The molecule has 4 nitrogen and oxygen atoms in total. The number of Topliss-reactive ketones (excluding diaryl/α,β-unsaturated/α-hetero) is 1. The summed E-state index contributed by atoms with van der Waals surface area (Å²) in [7, 11) is 3.77. The van der Waals surface area contributed by atoms with Gasteiger partial charge in [0.05, 0.1) is 5.57 Å². The normalized spacial score (nSPS) is 37.4. The van der Waals surface area contributed by atoms with Crippen LogP contribution >= 0.6 is 0 Å². The van der Waals surface area contributed by atoms with Crippen LogP contribution < -0.4 is 5.32 Å². The zero-order chi connectivity index (χ0) is 17.6. The highest BCUT2D eigenvalue weighted by Crippen LogP contribution is 2.53. The lowest BCUT2D eigenvalue weighted by atomic mass is 9.54. The number of ketones is 1. The number of carbonyl (C=O) groups is 2. The lowest BCUT2D eigenvalue weighted by Crippen LogP contribution is -2.56. The number of hydrogen-bond acceptors (Lipinski definition) is 3. The molecular weight excluding hydrogens is 312 g/mol. The number of amides is 1. The van der Waals surface area contributed by atoms with Gasteiger partial charge in [-0.2, -0.15) is 0 Å². The zero-order valence-electron chi connectivity index (χ0n) is 15.7. The van der Waals surface area contributed by atoms with Crippen molar-refractivity contribution < 1.29 is 9.59 Å². The highest BCUT2D eigenvalue weighted by molar-refractivity contribution is 6.20. The van der Waals surface area contributed by atoms with Gasteiger partial charge in [0, 0.05) is 32.3 Å². The molecule has 4 bridgehead atoms. The first-order valence-corrected chi connectivity index (χ1v) is 10.2. The van der Waals surface area contributed by atoms with Crippen LogP contribution in [0.1, 0.15) is 57.8 Å². The van der Waals surface area contributed by atoms with Gasteiger partial charge in [0.25, 0.3) is 5.91 Å². The topological polar surface area (TPSA) is 49.4 Å². The van der Waals surface area contributed by atoms with E-state index in [0.717, 1.165) is 37.5 Å². The predicted octanol–water partition coefficient (Wildman–Crippen LogP) is 3.13. The fourth-order valence-corrected chi connectivity index (χ4v) is 6.29. The highest BCUT2D eigenvalue weighted by atomic mass is 16.2. The lowest BCUT2D eigenvalue weighted by molar-refractivity contribution is -0.126. The summed E-state index contributed by atoms with van der Waals surface area (Å²) in [5, 5.41) is 3.32. The number of carbonyl (C=O) groups excluding carboxylic acids is 2. The molecule has 0 aromatic rings. The molecular formula is C21H32N2O2. The van der Waals surface area contributed by atoms with Gasteiger partial charge < -0.3 is 10.2 Å². The molecule has 25 heavy (non-hydrogen) atoms. The number of nitrogens with zero attached hydrogens (tertiary/aromatic N) is 1. The van der Waals surface area contributed by atoms with Crippen LogP contribution in [0, 0.1) is 29.6 Å². The van der Waals surface area contributed by atoms with Crippen LogP contribution in [0.3, 0.4) is 0 Å². The van der Waals surface area contributed by atoms with Gasteiger partial charge in [-0.15, -0.1) is 0 Å². The summed E-state index contributed by atoms with van der Waals surface area (Å²) in [6, 6.07) is 0.294. The Kier molecular flexibility index (Phi) is 4.63. The fourth-order valence-electron chi connectivity index (χ4n) is 6.29. The molecule has 4 heteroatoms. The minimum Gasteiger partial charge on any atom is -0.383 e. The van der Waals surface area contributed by atoms with Crippen LogP contribution in [0.4, 0.5) is 0 Å². The van der Waals surface area contributed by atoms with Crippen molar-refractivity contribution in [1.29, 1.82) is 0 Å². The summed E-state index contributed by atoms with van der Waals surface area (Å²) in [5.41, 5.74) is 0.380. The summed E-state index contributed by atoms with van der Waals surface area (Å²) >= 11 is 0. The van der Waals surface area contributed by atoms with E-state index in [2.05, 4.69) is 5.32 Å². The molecule has 0 radical (unpaired) electrons. The van der Waals surface area contributed by atoms with Crippen molar-refractivity contribution in [1.82, 2.24) is 10.2 Å². The minimum absolute atomic E-state index is 0.0513. The fraction of sp³-hybridized carbons (Fsp3) is 0.810. The summed E-state index contributed by atoms with van der Waals surface area (Å²) in [4.78, 5) is 27.8. The Morgan fingerprint density at radius 1 is 0.920 bits per heavy atom. The third-order valence-corrected chi connectivity index (χ3v) is 7.15. The Balaban J connectivity index is 1.48. The molecule has 0 saturated heterocycles. The van der Waals surface area contributed by atoms with E-state index in [1.165, 1.54) is 32.1 Å². The zero-order valence-corrected chi connectivity index (χ0v) is 15.7. The first-order valence-electron chi connectivity index (χ1n) is 10.2. The van der Waals surface area contributed by atoms with Gasteiger partial charge >= 0.3 is 0 Å².